The number of halogens is 1. The number of aromatic nitrogens is 6. The number of anilines is 2. The molecule has 1 amide bonds. The Labute approximate surface area is 222 Å². The fraction of sp³-hybridized carbons (Fsp3) is 0.500. The maximum absolute atomic E-state index is 14.1. The van der Waals surface area contributed by atoms with Crippen LogP contribution in [0.25, 0.3) is 16.6 Å². The third-order valence-electron chi connectivity index (χ3n) is 7.70. The Morgan fingerprint density at radius 1 is 1.24 bits per heavy atom. The standard InChI is InChI=1S/C26H31FN8O3/c1-14(2)34-18-10-21(29-13-19(18)33(3)25(34)37)30-20-5-4-17-22(15-6-8-38-9-7-15)31-24(35(17)32-20)26(23(28)36)11-16(27)12-26/h4-5,10,13-16H,6-9,11-12H2,1-3H3,(H2,28,36)(H,29,30,32)/i3D3. The fourth-order valence-corrected chi connectivity index (χ4v) is 5.65. The van der Waals surface area contributed by atoms with Crippen LogP contribution in [0.4, 0.5) is 16.0 Å². The molecule has 11 nitrogen and oxygen atoms in total. The molecule has 200 valence electrons. The van der Waals surface area contributed by atoms with Crippen molar-refractivity contribution in [1.82, 2.24) is 28.7 Å². The normalized spacial score (nSPS) is 23.8. The average Bonchev–Trinajstić information content (AvgIpc) is 3.41. The van der Waals surface area contributed by atoms with Crippen LogP contribution >= 0.6 is 0 Å². The summed E-state index contributed by atoms with van der Waals surface area (Å²) < 4.78 is 46.9. The first-order valence-electron chi connectivity index (χ1n) is 14.2. The van der Waals surface area contributed by atoms with E-state index in [0.29, 0.717) is 41.7 Å². The molecule has 3 N–H and O–H groups in total. The second-order valence-electron chi connectivity index (χ2n) is 10.4. The van der Waals surface area contributed by atoms with E-state index in [1.54, 1.807) is 30.5 Å². The van der Waals surface area contributed by atoms with Crippen LogP contribution in [-0.2, 0) is 21.9 Å². The van der Waals surface area contributed by atoms with Gasteiger partial charge in [0.05, 0.1) is 28.4 Å². The Balaban J connectivity index is 1.45. The summed E-state index contributed by atoms with van der Waals surface area (Å²) in [6.07, 6.45) is 1.60. The van der Waals surface area contributed by atoms with E-state index in [-0.39, 0.29) is 30.3 Å². The lowest BCUT2D eigenvalue weighted by atomic mass is 9.66. The average molecular weight is 526 g/mol. The van der Waals surface area contributed by atoms with Crippen molar-refractivity contribution in [2.45, 2.75) is 63.1 Å². The molecule has 0 bridgehead atoms. The zero-order chi connectivity index (χ0) is 29.3. The maximum Gasteiger partial charge on any atom is 0.329 e. The van der Waals surface area contributed by atoms with Crippen molar-refractivity contribution >= 4 is 34.1 Å². The number of hydrogen-bond acceptors (Lipinski definition) is 7. The van der Waals surface area contributed by atoms with Gasteiger partial charge >= 0.3 is 5.69 Å². The van der Waals surface area contributed by atoms with Gasteiger partial charge in [-0.2, -0.15) is 0 Å². The summed E-state index contributed by atoms with van der Waals surface area (Å²) in [5, 5.41) is 7.84. The van der Waals surface area contributed by atoms with Gasteiger partial charge in [0.25, 0.3) is 0 Å². The number of alkyl halides is 1. The Hall–Kier alpha value is -3.80. The molecule has 1 saturated carbocycles. The molecule has 0 spiro atoms. The molecule has 1 aliphatic carbocycles. The van der Waals surface area contributed by atoms with Gasteiger partial charge in [0.2, 0.25) is 5.91 Å². The van der Waals surface area contributed by atoms with Crippen molar-refractivity contribution in [2.24, 2.45) is 12.7 Å². The summed E-state index contributed by atoms with van der Waals surface area (Å²) in [5.74, 6) is 0.439. The van der Waals surface area contributed by atoms with Gasteiger partial charge in [-0.1, -0.05) is 0 Å². The summed E-state index contributed by atoms with van der Waals surface area (Å²) >= 11 is 0. The fourth-order valence-electron chi connectivity index (χ4n) is 5.65. The summed E-state index contributed by atoms with van der Waals surface area (Å²) in [7, 11) is 0. The Kier molecular flexibility index (Phi) is 4.96. The van der Waals surface area contributed by atoms with Crippen LogP contribution < -0.4 is 16.7 Å². The number of nitrogens with one attached hydrogen (secondary N) is 1. The minimum Gasteiger partial charge on any atom is -0.381 e. The first-order valence-corrected chi connectivity index (χ1v) is 12.7. The third kappa shape index (κ3) is 3.69. The summed E-state index contributed by atoms with van der Waals surface area (Å²) in [6, 6.07) is 4.87. The predicted octanol–water partition coefficient (Wildman–Crippen LogP) is 2.85. The lowest BCUT2D eigenvalue weighted by Gasteiger charge is -2.39. The van der Waals surface area contributed by atoms with Crippen molar-refractivity contribution in [3.8, 4) is 0 Å². The number of amides is 1. The van der Waals surface area contributed by atoms with Gasteiger partial charge in [0.1, 0.15) is 23.2 Å². The first kappa shape index (κ1) is 21.2. The van der Waals surface area contributed by atoms with Gasteiger partial charge < -0.3 is 15.8 Å². The van der Waals surface area contributed by atoms with E-state index in [1.165, 1.54) is 10.8 Å². The van der Waals surface area contributed by atoms with Gasteiger partial charge in [-0.25, -0.2) is 23.7 Å². The highest BCUT2D eigenvalue weighted by atomic mass is 19.1. The highest BCUT2D eigenvalue weighted by Crippen LogP contribution is 2.46. The van der Waals surface area contributed by atoms with Gasteiger partial charge in [0, 0.05) is 55.2 Å². The molecule has 0 atom stereocenters. The second kappa shape index (κ2) is 8.90. The van der Waals surface area contributed by atoms with Crippen LogP contribution in [0.2, 0.25) is 0 Å². The predicted molar refractivity (Wildman–Crippen MR) is 139 cm³/mol. The number of nitrogens with two attached hydrogens (primary N) is 1. The zero-order valence-electron chi connectivity index (χ0n) is 24.1. The lowest BCUT2D eigenvalue weighted by molar-refractivity contribution is -0.129. The SMILES string of the molecule is [2H]C([2H])([2H])n1c(=O)n(C(C)C)c2cc(Nc3ccc4c(C5CCOCC5)nc(C5(C(N)=O)CC(F)C5)n4n3)ncc21. The molecule has 5 heterocycles. The highest BCUT2D eigenvalue weighted by Gasteiger charge is 2.54. The topological polar surface area (TPSA) is 134 Å². The van der Waals surface area contributed by atoms with Gasteiger partial charge in [-0.05, 0) is 38.8 Å². The molecule has 1 aliphatic heterocycles. The molecule has 4 aromatic rings. The lowest BCUT2D eigenvalue weighted by Crippen LogP contribution is -2.53. The molecule has 2 fully saturated rings. The molecule has 2 aliphatic rings. The number of imidazole rings is 2. The van der Waals surface area contributed by atoms with Crippen molar-refractivity contribution in [3.63, 3.8) is 0 Å². The van der Waals surface area contributed by atoms with Crippen molar-refractivity contribution in [3.05, 3.63) is 46.4 Å². The molecule has 6 rings (SSSR count). The van der Waals surface area contributed by atoms with Crippen LogP contribution in [0, 0.1) is 0 Å². The highest BCUT2D eigenvalue weighted by molar-refractivity contribution is 5.87. The number of pyridine rings is 1. The van der Waals surface area contributed by atoms with Crippen molar-refractivity contribution in [1.29, 1.82) is 0 Å². The van der Waals surface area contributed by atoms with Gasteiger partial charge in [-0.15, -0.1) is 5.10 Å². The zero-order valence-corrected chi connectivity index (χ0v) is 21.1. The van der Waals surface area contributed by atoms with E-state index in [0.717, 1.165) is 23.1 Å². The number of hydrogen-bond donors (Lipinski definition) is 2. The van der Waals surface area contributed by atoms with Crippen LogP contribution in [0.3, 0.4) is 0 Å². The quantitative estimate of drug-likeness (QED) is 0.395. The molecular formula is C26H31FN8O3. The molecule has 0 radical (unpaired) electrons. The van der Waals surface area contributed by atoms with E-state index in [2.05, 4.69) is 10.3 Å². The maximum atomic E-state index is 14.1. The van der Waals surface area contributed by atoms with Crippen LogP contribution in [0.5, 0.6) is 0 Å². The number of nitrogens with zero attached hydrogens (tertiary/aromatic N) is 6. The molecule has 1 saturated heterocycles. The van der Waals surface area contributed by atoms with Gasteiger partial charge in [0.15, 0.2) is 5.82 Å². The molecule has 4 aromatic heterocycles. The number of carbonyl (C=O) groups excluding carboxylic acids is 1. The number of ether oxygens (including phenoxy) is 1. The first-order chi connectivity index (χ1) is 19.4. The van der Waals surface area contributed by atoms with E-state index >= 15 is 0 Å². The molecular weight excluding hydrogens is 491 g/mol. The number of fused-ring (bicyclic) bond motifs is 2. The number of primary amides is 1. The summed E-state index contributed by atoms with van der Waals surface area (Å²) in [6.45, 7) is 2.11. The smallest absolute Gasteiger partial charge is 0.329 e. The molecule has 38 heavy (non-hydrogen) atoms. The van der Waals surface area contributed by atoms with Gasteiger partial charge in [-0.3, -0.25) is 13.9 Å². The number of aryl methyl sites for hydroxylation is 1. The van der Waals surface area contributed by atoms with E-state index in [1.807, 2.05) is 6.07 Å². The summed E-state index contributed by atoms with van der Waals surface area (Å²) in [5.41, 5.74) is 5.95. The van der Waals surface area contributed by atoms with Crippen LogP contribution in [-0.4, -0.2) is 54.0 Å². The molecule has 0 unspecified atom stereocenters. The second-order valence-corrected chi connectivity index (χ2v) is 10.4. The van der Waals surface area contributed by atoms with Crippen LogP contribution in [0.15, 0.2) is 29.2 Å². The number of rotatable bonds is 6. The van der Waals surface area contributed by atoms with E-state index in [9.17, 15) is 14.0 Å². The molecule has 12 heteroatoms. The van der Waals surface area contributed by atoms with E-state index in [4.69, 9.17) is 24.7 Å². The molecule has 0 aromatic carbocycles. The monoisotopic (exact) mass is 525 g/mol. The Morgan fingerprint density at radius 2 is 2.00 bits per heavy atom. The third-order valence-corrected chi connectivity index (χ3v) is 7.70. The minimum atomic E-state index is -2.67. The van der Waals surface area contributed by atoms with Crippen LogP contribution in [0.1, 0.15) is 67.1 Å². The Bertz CT molecular complexity index is 1710. The van der Waals surface area contributed by atoms with E-state index < -0.39 is 30.2 Å². The van der Waals surface area contributed by atoms with Crippen molar-refractivity contribution in [2.75, 3.05) is 18.5 Å². The minimum absolute atomic E-state index is 0.0561. The number of carbonyl (C=O) groups is 1. The largest absolute Gasteiger partial charge is 0.381 e. The Morgan fingerprint density at radius 3 is 2.66 bits per heavy atom. The van der Waals surface area contributed by atoms with Crippen molar-refractivity contribution < 1.29 is 18.0 Å². The summed E-state index contributed by atoms with van der Waals surface area (Å²) in [4.78, 5) is 34.8.